The number of ether oxygens (including phenoxy) is 2. The molecule has 1 aromatic carbocycles. The Kier molecular flexibility index (Phi) is 5.07. The third-order valence-corrected chi connectivity index (χ3v) is 3.74. The molecule has 1 aliphatic heterocycles. The molecule has 0 spiro atoms. The van der Waals surface area contributed by atoms with E-state index in [1.54, 1.807) is 7.05 Å². The fraction of sp³-hybridized carbons (Fsp3) is 0.611. The van der Waals surface area contributed by atoms with E-state index in [0.717, 1.165) is 24.0 Å². The number of benzene rings is 1. The van der Waals surface area contributed by atoms with Crippen molar-refractivity contribution < 1.29 is 9.47 Å². The van der Waals surface area contributed by atoms with E-state index >= 15 is 0 Å². The molecule has 2 rings (SSSR count). The molecule has 0 saturated carbocycles. The van der Waals surface area contributed by atoms with Crippen LogP contribution in [-0.4, -0.2) is 38.3 Å². The van der Waals surface area contributed by atoms with E-state index in [-0.39, 0.29) is 11.0 Å². The zero-order chi connectivity index (χ0) is 17.1. The van der Waals surface area contributed by atoms with Crippen LogP contribution in [0.1, 0.15) is 40.2 Å². The molecule has 0 saturated heterocycles. The van der Waals surface area contributed by atoms with Crippen LogP contribution < -0.4 is 20.1 Å². The Morgan fingerprint density at radius 1 is 1.09 bits per heavy atom. The van der Waals surface area contributed by atoms with Crippen molar-refractivity contribution in [3.05, 3.63) is 23.8 Å². The molecule has 0 bridgehead atoms. The molecule has 0 aliphatic carbocycles. The number of nitrogens with one attached hydrogen (secondary N) is 2. The Morgan fingerprint density at radius 2 is 1.74 bits per heavy atom. The van der Waals surface area contributed by atoms with Crippen LogP contribution in [0, 0.1) is 0 Å². The first-order valence-electron chi connectivity index (χ1n) is 8.10. The van der Waals surface area contributed by atoms with Crippen LogP contribution in [-0.2, 0) is 5.41 Å². The molecule has 5 heteroatoms. The fourth-order valence-electron chi connectivity index (χ4n) is 2.41. The summed E-state index contributed by atoms with van der Waals surface area (Å²) in [5, 5.41) is 6.79. The lowest BCUT2D eigenvalue weighted by Gasteiger charge is -2.30. The summed E-state index contributed by atoms with van der Waals surface area (Å²) in [4.78, 5) is 4.29. The highest BCUT2D eigenvalue weighted by Crippen LogP contribution is 2.34. The minimum absolute atomic E-state index is 0.0248. The first-order chi connectivity index (χ1) is 10.7. The summed E-state index contributed by atoms with van der Waals surface area (Å²) >= 11 is 0. The van der Waals surface area contributed by atoms with Crippen molar-refractivity contribution in [2.45, 2.75) is 45.6 Å². The number of nitrogens with zero attached hydrogens (tertiary/aromatic N) is 1. The van der Waals surface area contributed by atoms with Crippen LogP contribution in [0.2, 0.25) is 0 Å². The van der Waals surface area contributed by atoms with Gasteiger partial charge in [0.2, 0.25) is 0 Å². The van der Waals surface area contributed by atoms with Crippen molar-refractivity contribution in [1.29, 1.82) is 0 Å². The van der Waals surface area contributed by atoms with Gasteiger partial charge in [-0.1, -0.05) is 19.9 Å². The van der Waals surface area contributed by atoms with Crippen LogP contribution in [0.25, 0.3) is 0 Å². The molecule has 1 aliphatic rings. The first kappa shape index (κ1) is 17.4. The quantitative estimate of drug-likeness (QED) is 0.664. The minimum atomic E-state index is -0.0641. The molecule has 0 fully saturated rings. The van der Waals surface area contributed by atoms with E-state index in [0.29, 0.717) is 13.2 Å². The number of hydrogen-bond acceptors (Lipinski definition) is 3. The molecule has 128 valence electrons. The predicted molar refractivity (Wildman–Crippen MR) is 94.7 cm³/mol. The smallest absolute Gasteiger partial charge is 0.191 e. The van der Waals surface area contributed by atoms with Gasteiger partial charge in [0.25, 0.3) is 0 Å². The lowest BCUT2D eigenvalue weighted by atomic mass is 9.84. The molecule has 1 aromatic rings. The number of guanidine groups is 1. The topological polar surface area (TPSA) is 54.9 Å². The first-order valence-corrected chi connectivity index (χ1v) is 8.10. The largest absolute Gasteiger partial charge is 0.486 e. The van der Waals surface area contributed by atoms with Crippen LogP contribution in [0.5, 0.6) is 11.5 Å². The van der Waals surface area contributed by atoms with E-state index in [1.807, 2.05) is 6.07 Å². The summed E-state index contributed by atoms with van der Waals surface area (Å²) in [7, 11) is 1.79. The zero-order valence-electron chi connectivity index (χ0n) is 15.1. The van der Waals surface area contributed by atoms with Crippen molar-refractivity contribution in [3.63, 3.8) is 0 Å². The van der Waals surface area contributed by atoms with E-state index in [9.17, 15) is 0 Å². The Labute approximate surface area is 139 Å². The van der Waals surface area contributed by atoms with E-state index in [1.165, 1.54) is 5.56 Å². The van der Waals surface area contributed by atoms with Gasteiger partial charge in [-0.05, 0) is 38.5 Å². The summed E-state index contributed by atoms with van der Waals surface area (Å²) in [5.41, 5.74) is 1.12. The summed E-state index contributed by atoms with van der Waals surface area (Å²) in [6.45, 7) is 12.8. The highest BCUT2D eigenvalue weighted by atomic mass is 16.6. The van der Waals surface area contributed by atoms with Crippen LogP contribution in [0.4, 0.5) is 0 Å². The van der Waals surface area contributed by atoms with Gasteiger partial charge >= 0.3 is 0 Å². The van der Waals surface area contributed by atoms with E-state index < -0.39 is 0 Å². The van der Waals surface area contributed by atoms with Crippen molar-refractivity contribution in [1.82, 2.24) is 10.6 Å². The van der Waals surface area contributed by atoms with Gasteiger partial charge in [-0.15, -0.1) is 0 Å². The summed E-state index contributed by atoms with van der Waals surface area (Å²) in [6, 6.07) is 6.18. The third kappa shape index (κ3) is 4.78. The number of fused-ring (bicyclic) bond motifs is 1. The zero-order valence-corrected chi connectivity index (χ0v) is 15.1. The summed E-state index contributed by atoms with van der Waals surface area (Å²) in [5.74, 6) is 2.47. The lowest BCUT2D eigenvalue weighted by Crippen LogP contribution is -2.50. The van der Waals surface area contributed by atoms with Gasteiger partial charge in [0.05, 0.1) is 0 Å². The van der Waals surface area contributed by atoms with Gasteiger partial charge < -0.3 is 20.1 Å². The number of rotatable bonds is 3. The van der Waals surface area contributed by atoms with Gasteiger partial charge in [0.1, 0.15) is 13.2 Å². The highest BCUT2D eigenvalue weighted by molar-refractivity contribution is 5.80. The van der Waals surface area contributed by atoms with Gasteiger partial charge in [0.15, 0.2) is 17.5 Å². The molecular formula is C18H29N3O2. The molecule has 0 aromatic heterocycles. The fourth-order valence-corrected chi connectivity index (χ4v) is 2.41. The SMILES string of the molecule is CN=C(NCC(C)(C)c1ccc2c(c1)OCCO2)NC(C)(C)C. The Balaban J connectivity index is 2.06. The van der Waals surface area contributed by atoms with Gasteiger partial charge in [0, 0.05) is 24.5 Å². The van der Waals surface area contributed by atoms with E-state index in [4.69, 9.17) is 9.47 Å². The van der Waals surface area contributed by atoms with E-state index in [2.05, 4.69) is 62.4 Å². The lowest BCUT2D eigenvalue weighted by molar-refractivity contribution is 0.171. The average molecular weight is 319 g/mol. The maximum absolute atomic E-state index is 5.69. The molecular weight excluding hydrogens is 290 g/mol. The molecule has 1 heterocycles. The molecule has 0 amide bonds. The Hall–Kier alpha value is -1.91. The molecule has 0 atom stereocenters. The average Bonchev–Trinajstić information content (AvgIpc) is 2.50. The second-order valence-electron chi connectivity index (χ2n) is 7.54. The molecule has 2 N–H and O–H groups in total. The molecule has 0 unspecified atom stereocenters. The van der Waals surface area contributed by atoms with Crippen LogP contribution in [0.3, 0.4) is 0 Å². The van der Waals surface area contributed by atoms with Gasteiger partial charge in [-0.3, -0.25) is 4.99 Å². The van der Waals surface area contributed by atoms with Crippen LogP contribution >= 0.6 is 0 Å². The number of aliphatic imine (C=N–C) groups is 1. The third-order valence-electron chi connectivity index (χ3n) is 3.74. The van der Waals surface area contributed by atoms with Crippen molar-refractivity contribution in [3.8, 4) is 11.5 Å². The van der Waals surface area contributed by atoms with Gasteiger partial charge in [-0.2, -0.15) is 0 Å². The molecule has 5 nitrogen and oxygen atoms in total. The van der Waals surface area contributed by atoms with Crippen molar-refractivity contribution in [2.75, 3.05) is 26.8 Å². The van der Waals surface area contributed by atoms with Crippen molar-refractivity contribution >= 4 is 5.96 Å². The highest BCUT2D eigenvalue weighted by Gasteiger charge is 2.24. The predicted octanol–water partition coefficient (Wildman–Crippen LogP) is 2.70. The molecule has 23 heavy (non-hydrogen) atoms. The maximum atomic E-state index is 5.69. The Bertz CT molecular complexity index is 574. The van der Waals surface area contributed by atoms with Gasteiger partial charge in [-0.25, -0.2) is 0 Å². The monoisotopic (exact) mass is 319 g/mol. The molecule has 0 radical (unpaired) electrons. The Morgan fingerprint density at radius 3 is 2.35 bits per heavy atom. The van der Waals surface area contributed by atoms with Crippen molar-refractivity contribution in [2.24, 2.45) is 4.99 Å². The number of hydrogen-bond donors (Lipinski definition) is 2. The van der Waals surface area contributed by atoms with Crippen LogP contribution in [0.15, 0.2) is 23.2 Å². The second-order valence-corrected chi connectivity index (χ2v) is 7.54. The normalized spacial score (nSPS) is 15.3. The summed E-state index contributed by atoms with van der Waals surface area (Å²) < 4.78 is 11.3. The summed E-state index contributed by atoms with van der Waals surface area (Å²) in [6.07, 6.45) is 0. The minimum Gasteiger partial charge on any atom is -0.486 e. The second kappa shape index (κ2) is 6.69. The maximum Gasteiger partial charge on any atom is 0.191 e. The standard InChI is InChI=1S/C18H29N3O2/c1-17(2,3)21-16(19-6)20-12-18(4,5)13-7-8-14-15(11-13)23-10-9-22-14/h7-8,11H,9-10,12H2,1-6H3,(H2,19,20,21).